The van der Waals surface area contributed by atoms with Gasteiger partial charge in [-0.05, 0) is 31.0 Å². The number of nitrogen functional groups attached to an aromatic ring is 1. The van der Waals surface area contributed by atoms with Gasteiger partial charge >= 0.3 is 6.01 Å². The molecule has 5 rings (SSSR count). The highest BCUT2D eigenvalue weighted by Gasteiger charge is 2.26. The van der Waals surface area contributed by atoms with Gasteiger partial charge in [-0.15, -0.1) is 11.3 Å². The topological polar surface area (TPSA) is 97.3 Å². The van der Waals surface area contributed by atoms with Crippen molar-refractivity contribution < 1.29 is 18.3 Å². The molecule has 0 aliphatic carbocycles. The summed E-state index contributed by atoms with van der Waals surface area (Å²) >= 11 is 0.971. The Labute approximate surface area is 198 Å². The number of hydrogen-bond donors (Lipinski definition) is 1. The van der Waals surface area contributed by atoms with E-state index < -0.39 is 11.6 Å². The molecule has 4 aromatic rings. The first kappa shape index (κ1) is 22.3. The van der Waals surface area contributed by atoms with Gasteiger partial charge < -0.3 is 20.1 Å². The zero-order chi connectivity index (χ0) is 24.0. The summed E-state index contributed by atoms with van der Waals surface area (Å²) in [6, 6.07) is 8.26. The maximum absolute atomic E-state index is 16.1. The van der Waals surface area contributed by atoms with E-state index in [1.165, 1.54) is 19.2 Å². The van der Waals surface area contributed by atoms with Crippen molar-refractivity contribution in [3.8, 4) is 23.2 Å². The largest absolute Gasteiger partial charge is 0.467 e. The third-order valence-corrected chi connectivity index (χ3v) is 7.16. The molecule has 0 amide bonds. The van der Waals surface area contributed by atoms with Crippen molar-refractivity contribution in [3.63, 3.8) is 0 Å². The number of rotatable bonds is 3. The lowest BCUT2D eigenvalue weighted by Gasteiger charge is -2.28. The van der Waals surface area contributed by atoms with Crippen LogP contribution >= 0.6 is 11.3 Å². The first-order valence-corrected chi connectivity index (χ1v) is 11.6. The van der Waals surface area contributed by atoms with Gasteiger partial charge in [-0.3, -0.25) is 0 Å². The summed E-state index contributed by atoms with van der Waals surface area (Å²) in [5.74, 6) is -0.561. The number of nitrogens with zero attached hydrogens (tertiary/aromatic N) is 4. The van der Waals surface area contributed by atoms with Crippen LogP contribution in [0.2, 0.25) is 0 Å². The molecule has 1 aliphatic rings. The Kier molecular flexibility index (Phi) is 5.67. The van der Waals surface area contributed by atoms with Crippen molar-refractivity contribution in [2.75, 3.05) is 37.5 Å². The molecule has 3 heterocycles. The van der Waals surface area contributed by atoms with Crippen molar-refractivity contribution in [1.82, 2.24) is 9.97 Å². The number of thiophene rings is 1. The fourth-order valence-corrected chi connectivity index (χ4v) is 5.33. The molecule has 0 unspecified atom stereocenters. The minimum Gasteiger partial charge on any atom is -0.467 e. The Hall–Kier alpha value is -3.55. The smallest absolute Gasteiger partial charge is 0.318 e. The monoisotopic (exact) mass is 481 g/mol. The maximum atomic E-state index is 16.1. The van der Waals surface area contributed by atoms with E-state index in [2.05, 4.69) is 21.8 Å². The summed E-state index contributed by atoms with van der Waals surface area (Å²) in [5.41, 5.74) is 6.73. The Morgan fingerprint density at radius 2 is 2.00 bits per heavy atom. The summed E-state index contributed by atoms with van der Waals surface area (Å²) in [6.45, 7) is 3.84. The number of anilines is 2. The molecule has 10 heteroatoms. The highest BCUT2D eigenvalue weighted by atomic mass is 32.1. The molecule has 1 fully saturated rings. The zero-order valence-electron chi connectivity index (χ0n) is 18.6. The zero-order valence-corrected chi connectivity index (χ0v) is 19.4. The van der Waals surface area contributed by atoms with Crippen molar-refractivity contribution in [1.29, 1.82) is 5.26 Å². The second-order valence-corrected chi connectivity index (χ2v) is 9.11. The van der Waals surface area contributed by atoms with Crippen LogP contribution in [0.15, 0.2) is 24.3 Å². The third-order valence-electron chi connectivity index (χ3n) is 6.13. The average Bonchev–Trinajstić information content (AvgIpc) is 3.03. The lowest BCUT2D eigenvalue weighted by atomic mass is 9.97. The summed E-state index contributed by atoms with van der Waals surface area (Å²) in [5, 5.41) is 10.6. The summed E-state index contributed by atoms with van der Waals surface area (Å²) in [7, 11) is 1.43. The number of nitriles is 1. The van der Waals surface area contributed by atoms with Crippen LogP contribution in [0.3, 0.4) is 0 Å². The molecular formula is C24H21F2N5O2S. The van der Waals surface area contributed by atoms with Gasteiger partial charge in [0.15, 0.2) is 5.82 Å². The van der Waals surface area contributed by atoms with Crippen LogP contribution in [-0.4, -0.2) is 42.9 Å². The highest BCUT2D eigenvalue weighted by Crippen LogP contribution is 2.43. The van der Waals surface area contributed by atoms with E-state index in [1.807, 2.05) is 6.07 Å². The molecule has 0 saturated carbocycles. The Morgan fingerprint density at radius 3 is 2.76 bits per heavy atom. The highest BCUT2D eigenvalue weighted by molar-refractivity contribution is 7.23. The van der Waals surface area contributed by atoms with E-state index in [-0.39, 0.29) is 38.4 Å². The van der Waals surface area contributed by atoms with E-state index in [9.17, 15) is 9.65 Å². The van der Waals surface area contributed by atoms with Crippen molar-refractivity contribution in [2.24, 2.45) is 0 Å². The maximum Gasteiger partial charge on any atom is 0.318 e. The van der Waals surface area contributed by atoms with Crippen LogP contribution in [0.25, 0.3) is 32.1 Å². The van der Waals surface area contributed by atoms with Crippen LogP contribution in [0, 0.1) is 23.0 Å². The molecule has 1 aliphatic heterocycles. The van der Waals surface area contributed by atoms with Gasteiger partial charge in [0, 0.05) is 35.5 Å². The summed E-state index contributed by atoms with van der Waals surface area (Å²) in [6.07, 6.45) is 0.804. The molecule has 34 heavy (non-hydrogen) atoms. The van der Waals surface area contributed by atoms with Crippen LogP contribution < -0.4 is 15.4 Å². The molecular weight excluding hydrogens is 460 g/mol. The second-order valence-electron chi connectivity index (χ2n) is 8.05. The molecule has 174 valence electrons. The number of ether oxygens (including phenoxy) is 2. The van der Waals surface area contributed by atoms with E-state index in [1.54, 1.807) is 12.1 Å². The van der Waals surface area contributed by atoms with Gasteiger partial charge in [-0.2, -0.15) is 15.2 Å². The number of aromatic nitrogens is 2. The van der Waals surface area contributed by atoms with Crippen molar-refractivity contribution >= 4 is 43.1 Å². The van der Waals surface area contributed by atoms with E-state index in [0.29, 0.717) is 41.9 Å². The number of benzene rings is 2. The average molecular weight is 482 g/mol. The summed E-state index contributed by atoms with van der Waals surface area (Å²) in [4.78, 5) is 10.9. The van der Waals surface area contributed by atoms with E-state index >= 15 is 4.39 Å². The minimum absolute atomic E-state index is 0.0395. The quantitative estimate of drug-likeness (QED) is 0.446. The van der Waals surface area contributed by atoms with Crippen molar-refractivity contribution in [3.05, 3.63) is 41.5 Å². The molecule has 2 N–H and O–H groups in total. The van der Waals surface area contributed by atoms with Crippen LogP contribution in [0.4, 0.5) is 19.6 Å². The first-order valence-electron chi connectivity index (χ1n) is 10.7. The van der Waals surface area contributed by atoms with Gasteiger partial charge in [0.25, 0.3) is 0 Å². The first-order chi connectivity index (χ1) is 16.4. The van der Waals surface area contributed by atoms with E-state index in [4.69, 9.17) is 15.2 Å². The number of fused-ring (bicyclic) bond motifs is 2. The van der Waals surface area contributed by atoms with Gasteiger partial charge in [-0.25, -0.2) is 8.78 Å². The number of methoxy groups -OCH3 is 1. The van der Waals surface area contributed by atoms with Gasteiger partial charge in [0.1, 0.15) is 28.2 Å². The van der Waals surface area contributed by atoms with E-state index in [0.717, 1.165) is 17.8 Å². The SMILES string of the molecule is COc1nc(N2CCOCC[C@@H]2C)c2ccc(-c3ccc(F)c4sc(N)c(C#N)c34)c(F)c2n1. The predicted molar refractivity (Wildman–Crippen MR) is 128 cm³/mol. The Morgan fingerprint density at radius 1 is 1.21 bits per heavy atom. The van der Waals surface area contributed by atoms with Crippen LogP contribution in [-0.2, 0) is 4.74 Å². The molecule has 1 saturated heterocycles. The fraction of sp³-hybridized carbons (Fsp3) is 0.292. The number of halogens is 2. The molecule has 1 atom stereocenters. The predicted octanol–water partition coefficient (Wildman–Crippen LogP) is 4.87. The fourth-order valence-electron chi connectivity index (χ4n) is 4.38. The number of hydrogen-bond acceptors (Lipinski definition) is 8. The minimum atomic E-state index is -0.611. The lowest BCUT2D eigenvalue weighted by molar-refractivity contribution is 0.150. The molecule has 0 bridgehead atoms. The third kappa shape index (κ3) is 3.48. The summed E-state index contributed by atoms with van der Waals surface area (Å²) < 4.78 is 41.7. The number of nitrogens with two attached hydrogens (primary N) is 1. The second kappa shape index (κ2) is 8.66. The molecule has 2 aromatic heterocycles. The van der Waals surface area contributed by atoms with Crippen LogP contribution in [0.5, 0.6) is 6.01 Å². The normalized spacial score (nSPS) is 16.6. The van der Waals surface area contributed by atoms with Gasteiger partial charge in [0.2, 0.25) is 0 Å². The Balaban J connectivity index is 1.77. The van der Waals surface area contributed by atoms with Crippen LogP contribution in [0.1, 0.15) is 18.9 Å². The van der Waals surface area contributed by atoms with Gasteiger partial charge in [-0.1, -0.05) is 12.1 Å². The molecule has 0 spiro atoms. The van der Waals surface area contributed by atoms with Gasteiger partial charge in [0.05, 0.1) is 24.0 Å². The molecule has 2 aromatic carbocycles. The standard InChI is InChI=1S/C24H21F2N5O2S/c1-12-7-9-33-10-8-31(12)23-15-4-3-14(19(26)20(15)29-24(30-23)32-2)13-5-6-17(25)21-18(13)16(11-27)22(28)34-21/h3-6,12H,7-10,28H2,1-2H3/t12-/m0/s1. The molecule has 7 nitrogen and oxygen atoms in total. The van der Waals surface area contributed by atoms with Crippen molar-refractivity contribution in [2.45, 2.75) is 19.4 Å². The lowest BCUT2D eigenvalue weighted by Crippen LogP contribution is -2.34. The Bertz CT molecular complexity index is 1470. The molecule has 0 radical (unpaired) electrons.